The van der Waals surface area contributed by atoms with Gasteiger partial charge in [0.1, 0.15) is 6.04 Å². The van der Waals surface area contributed by atoms with Crippen LogP contribution < -0.4 is 0 Å². The van der Waals surface area contributed by atoms with Crippen LogP contribution >= 0.6 is 0 Å². The van der Waals surface area contributed by atoms with Crippen molar-refractivity contribution in [3.63, 3.8) is 0 Å². The summed E-state index contributed by atoms with van der Waals surface area (Å²) in [5.74, 6) is -1.25. The van der Waals surface area contributed by atoms with E-state index < -0.39 is 12.0 Å². The minimum Gasteiger partial charge on any atom is -0.479 e. The van der Waals surface area contributed by atoms with Gasteiger partial charge in [-0.05, 0) is 12.1 Å². The van der Waals surface area contributed by atoms with E-state index >= 15 is 0 Å². The first-order chi connectivity index (χ1) is 7.70. The lowest BCUT2D eigenvalue weighted by Gasteiger charge is -2.21. The van der Waals surface area contributed by atoms with E-state index in [-0.39, 0.29) is 5.91 Å². The molecule has 0 radical (unpaired) electrons. The van der Waals surface area contributed by atoms with Crippen LogP contribution in [0.25, 0.3) is 0 Å². The Morgan fingerprint density at radius 3 is 2.56 bits per heavy atom. The van der Waals surface area contributed by atoms with Gasteiger partial charge in [0, 0.05) is 12.1 Å². The molecule has 1 aromatic carbocycles. The molecule has 1 aromatic rings. The molecule has 1 aliphatic heterocycles. The number of carboxylic acid groups (broad SMARTS) is 1. The minimum absolute atomic E-state index is 0.252. The molecular weight excluding hydrogens is 206 g/mol. The molecule has 1 amide bonds. The highest BCUT2D eigenvalue weighted by atomic mass is 16.4. The fraction of sp³-hybridized carbons (Fsp3) is 0.167. The van der Waals surface area contributed by atoms with E-state index in [1.807, 2.05) is 6.07 Å². The van der Waals surface area contributed by atoms with Gasteiger partial charge in [0.25, 0.3) is 5.91 Å². The standard InChI is InChI=1S/C12H11NO3/c14-11(9-5-2-1-3-6-9)13-8-4-7-10(13)12(15)16/h1-7,10H,8H2,(H,15,16). The van der Waals surface area contributed by atoms with E-state index in [0.717, 1.165) is 0 Å². The number of amides is 1. The van der Waals surface area contributed by atoms with E-state index in [2.05, 4.69) is 0 Å². The van der Waals surface area contributed by atoms with Gasteiger partial charge in [0.2, 0.25) is 0 Å². The van der Waals surface area contributed by atoms with Gasteiger partial charge in [0.15, 0.2) is 0 Å². The first-order valence-corrected chi connectivity index (χ1v) is 4.95. The summed E-state index contributed by atoms with van der Waals surface area (Å²) in [5, 5.41) is 8.93. The summed E-state index contributed by atoms with van der Waals surface area (Å²) in [7, 11) is 0. The van der Waals surface area contributed by atoms with E-state index in [1.165, 1.54) is 11.0 Å². The molecule has 0 aromatic heterocycles. The SMILES string of the molecule is O=C(O)C1C=CCN1C(=O)c1ccccc1. The van der Waals surface area contributed by atoms with E-state index in [9.17, 15) is 9.59 Å². The van der Waals surface area contributed by atoms with Gasteiger partial charge < -0.3 is 10.0 Å². The van der Waals surface area contributed by atoms with Gasteiger partial charge >= 0.3 is 5.97 Å². The molecule has 1 atom stereocenters. The topological polar surface area (TPSA) is 57.6 Å². The van der Waals surface area contributed by atoms with Crippen molar-refractivity contribution in [2.75, 3.05) is 6.54 Å². The van der Waals surface area contributed by atoms with Gasteiger partial charge in [-0.1, -0.05) is 30.4 Å². The third-order valence-electron chi connectivity index (χ3n) is 2.49. The molecular formula is C12H11NO3. The number of carboxylic acids is 1. The number of rotatable bonds is 2. The molecule has 0 fully saturated rings. The van der Waals surface area contributed by atoms with E-state index in [4.69, 9.17) is 5.11 Å². The first-order valence-electron chi connectivity index (χ1n) is 4.95. The summed E-state index contributed by atoms with van der Waals surface area (Å²) in [4.78, 5) is 24.2. The molecule has 4 heteroatoms. The summed E-state index contributed by atoms with van der Waals surface area (Å²) in [6, 6.07) is 7.85. The molecule has 1 unspecified atom stereocenters. The molecule has 1 N–H and O–H groups in total. The molecule has 1 aliphatic rings. The van der Waals surface area contributed by atoms with Crippen molar-refractivity contribution in [2.45, 2.75) is 6.04 Å². The van der Waals surface area contributed by atoms with Crippen LogP contribution in [0.15, 0.2) is 42.5 Å². The molecule has 0 spiro atoms. The van der Waals surface area contributed by atoms with Gasteiger partial charge in [-0.15, -0.1) is 0 Å². The number of carbonyl (C=O) groups excluding carboxylic acids is 1. The maximum absolute atomic E-state index is 12.0. The molecule has 0 saturated heterocycles. The highest BCUT2D eigenvalue weighted by molar-refractivity contribution is 5.97. The lowest BCUT2D eigenvalue weighted by Crippen LogP contribution is -2.40. The number of benzene rings is 1. The van der Waals surface area contributed by atoms with Crippen LogP contribution in [-0.4, -0.2) is 34.5 Å². The Morgan fingerprint density at radius 1 is 1.25 bits per heavy atom. The molecule has 0 aliphatic carbocycles. The zero-order valence-electron chi connectivity index (χ0n) is 8.54. The molecule has 1 heterocycles. The Kier molecular flexibility index (Phi) is 2.72. The Labute approximate surface area is 92.8 Å². The summed E-state index contributed by atoms with van der Waals surface area (Å²) < 4.78 is 0. The monoisotopic (exact) mass is 217 g/mol. The molecule has 0 saturated carbocycles. The average Bonchev–Trinajstić information content (AvgIpc) is 2.78. The van der Waals surface area contributed by atoms with Crippen LogP contribution in [0, 0.1) is 0 Å². The quantitative estimate of drug-likeness (QED) is 0.756. The fourth-order valence-corrected chi connectivity index (χ4v) is 1.69. The molecule has 82 valence electrons. The number of aliphatic carboxylic acids is 1. The van der Waals surface area contributed by atoms with Gasteiger partial charge in [-0.2, -0.15) is 0 Å². The maximum Gasteiger partial charge on any atom is 0.330 e. The first kappa shape index (κ1) is 10.4. The number of carbonyl (C=O) groups is 2. The second-order valence-corrected chi connectivity index (χ2v) is 3.53. The second kappa shape index (κ2) is 4.18. The summed E-state index contributed by atoms with van der Waals surface area (Å²) in [6.45, 7) is 0.352. The Balaban J connectivity index is 2.21. The average molecular weight is 217 g/mol. The largest absolute Gasteiger partial charge is 0.479 e. The highest BCUT2D eigenvalue weighted by Crippen LogP contribution is 2.14. The predicted molar refractivity (Wildman–Crippen MR) is 58.0 cm³/mol. The lowest BCUT2D eigenvalue weighted by molar-refractivity contribution is -0.140. The fourth-order valence-electron chi connectivity index (χ4n) is 1.69. The normalized spacial score (nSPS) is 18.8. The van der Waals surface area contributed by atoms with Crippen molar-refractivity contribution >= 4 is 11.9 Å². The van der Waals surface area contributed by atoms with Gasteiger partial charge in [-0.25, -0.2) is 4.79 Å². The van der Waals surface area contributed by atoms with Crippen LogP contribution in [0.1, 0.15) is 10.4 Å². The molecule has 16 heavy (non-hydrogen) atoms. The van der Waals surface area contributed by atoms with Crippen LogP contribution in [0.5, 0.6) is 0 Å². The predicted octanol–water partition coefficient (Wildman–Crippen LogP) is 1.15. The Bertz CT molecular complexity index is 439. The van der Waals surface area contributed by atoms with Crippen molar-refractivity contribution in [3.8, 4) is 0 Å². The smallest absolute Gasteiger partial charge is 0.330 e. The molecule has 2 rings (SSSR count). The zero-order valence-corrected chi connectivity index (χ0v) is 8.54. The van der Waals surface area contributed by atoms with Crippen molar-refractivity contribution < 1.29 is 14.7 Å². The van der Waals surface area contributed by atoms with Crippen LogP contribution in [0.4, 0.5) is 0 Å². The molecule has 4 nitrogen and oxygen atoms in total. The third-order valence-corrected chi connectivity index (χ3v) is 2.49. The van der Waals surface area contributed by atoms with Crippen LogP contribution in [0.2, 0.25) is 0 Å². The third kappa shape index (κ3) is 1.82. The maximum atomic E-state index is 12.0. The van der Waals surface area contributed by atoms with Crippen molar-refractivity contribution in [3.05, 3.63) is 48.0 Å². The van der Waals surface area contributed by atoms with Crippen LogP contribution in [0.3, 0.4) is 0 Å². The Morgan fingerprint density at radius 2 is 1.94 bits per heavy atom. The number of hydrogen-bond donors (Lipinski definition) is 1. The zero-order chi connectivity index (χ0) is 11.5. The van der Waals surface area contributed by atoms with Crippen LogP contribution in [-0.2, 0) is 4.79 Å². The summed E-state index contributed by atoms with van der Waals surface area (Å²) >= 11 is 0. The number of nitrogens with zero attached hydrogens (tertiary/aromatic N) is 1. The molecule has 0 bridgehead atoms. The summed E-state index contributed by atoms with van der Waals surface area (Å²) in [6.07, 6.45) is 3.22. The second-order valence-electron chi connectivity index (χ2n) is 3.53. The highest BCUT2D eigenvalue weighted by Gasteiger charge is 2.30. The van der Waals surface area contributed by atoms with Gasteiger partial charge in [-0.3, -0.25) is 4.79 Å². The van der Waals surface area contributed by atoms with Crippen molar-refractivity contribution in [1.82, 2.24) is 4.90 Å². The van der Waals surface area contributed by atoms with Crippen molar-refractivity contribution in [2.24, 2.45) is 0 Å². The number of hydrogen-bond acceptors (Lipinski definition) is 2. The minimum atomic E-state index is -1.00. The Hall–Kier alpha value is -2.10. The van der Waals surface area contributed by atoms with E-state index in [0.29, 0.717) is 12.1 Å². The van der Waals surface area contributed by atoms with Crippen molar-refractivity contribution in [1.29, 1.82) is 0 Å². The van der Waals surface area contributed by atoms with E-state index in [1.54, 1.807) is 30.3 Å². The van der Waals surface area contributed by atoms with Gasteiger partial charge in [0.05, 0.1) is 0 Å². The summed E-state index contributed by atoms with van der Waals surface area (Å²) in [5.41, 5.74) is 0.512. The lowest BCUT2D eigenvalue weighted by atomic mass is 10.2.